The second-order valence-electron chi connectivity index (χ2n) is 8.91. The summed E-state index contributed by atoms with van der Waals surface area (Å²) in [4.78, 5) is 30.3. The maximum absolute atomic E-state index is 13.4. The van der Waals surface area contributed by atoms with Crippen LogP contribution in [0.15, 0.2) is 60.0 Å². The van der Waals surface area contributed by atoms with E-state index in [9.17, 15) is 14.9 Å². The first-order chi connectivity index (χ1) is 17.0. The summed E-state index contributed by atoms with van der Waals surface area (Å²) < 4.78 is 5.29. The number of nitro groups is 1. The van der Waals surface area contributed by atoms with Crippen LogP contribution >= 0.6 is 11.3 Å². The lowest BCUT2D eigenvalue weighted by Crippen LogP contribution is -2.61. The molecule has 0 bridgehead atoms. The van der Waals surface area contributed by atoms with Crippen LogP contribution in [0.2, 0.25) is 0 Å². The van der Waals surface area contributed by atoms with Crippen molar-refractivity contribution in [3.05, 3.63) is 80.5 Å². The Hall–Kier alpha value is -3.59. The second-order valence-corrected chi connectivity index (χ2v) is 9.94. The van der Waals surface area contributed by atoms with E-state index in [0.29, 0.717) is 19.5 Å². The van der Waals surface area contributed by atoms with E-state index in [1.807, 2.05) is 41.8 Å². The summed E-state index contributed by atoms with van der Waals surface area (Å²) in [5.41, 5.74) is 3.03. The molecule has 0 radical (unpaired) electrons. The van der Waals surface area contributed by atoms with Crippen LogP contribution in [-0.2, 0) is 17.6 Å². The minimum absolute atomic E-state index is 0.00490. The summed E-state index contributed by atoms with van der Waals surface area (Å²) in [6, 6.07) is 17.1. The summed E-state index contributed by atoms with van der Waals surface area (Å²) in [5, 5.41) is 16.6. The van der Waals surface area contributed by atoms with Crippen LogP contribution in [0.4, 0.5) is 17.1 Å². The average molecular weight is 493 g/mol. The van der Waals surface area contributed by atoms with Gasteiger partial charge in [0.2, 0.25) is 5.91 Å². The first kappa shape index (κ1) is 23.2. The van der Waals surface area contributed by atoms with Crippen molar-refractivity contribution < 1.29 is 14.5 Å². The molecule has 1 aromatic heterocycles. The molecule has 5 rings (SSSR count). The fourth-order valence-electron chi connectivity index (χ4n) is 5.15. The Labute approximate surface area is 208 Å². The van der Waals surface area contributed by atoms with Crippen LogP contribution in [0.1, 0.15) is 10.4 Å². The molecule has 2 unspecified atom stereocenters. The van der Waals surface area contributed by atoms with Crippen molar-refractivity contribution in [1.82, 2.24) is 5.32 Å². The molecule has 0 spiro atoms. The van der Waals surface area contributed by atoms with Crippen LogP contribution in [-0.4, -0.2) is 50.2 Å². The van der Waals surface area contributed by atoms with E-state index in [4.69, 9.17) is 4.74 Å². The molecule has 2 aliphatic heterocycles. The number of thiophene rings is 1. The molecule has 1 N–H and O–H groups in total. The van der Waals surface area contributed by atoms with Gasteiger partial charge in [0.25, 0.3) is 5.69 Å². The van der Waals surface area contributed by atoms with Gasteiger partial charge in [0.05, 0.1) is 24.0 Å². The third-order valence-corrected chi connectivity index (χ3v) is 7.87. The Bertz CT molecular complexity index is 1200. The number of hydrogen-bond acceptors (Lipinski definition) is 7. The van der Waals surface area contributed by atoms with E-state index in [1.54, 1.807) is 30.6 Å². The number of fused-ring (bicyclic) bond motifs is 3. The topological polar surface area (TPSA) is 87.9 Å². The van der Waals surface area contributed by atoms with Crippen LogP contribution in [0, 0.1) is 16.0 Å². The molecule has 1 fully saturated rings. The zero-order valence-corrected chi connectivity index (χ0v) is 20.4. The van der Waals surface area contributed by atoms with Crippen molar-refractivity contribution in [3.8, 4) is 5.75 Å². The van der Waals surface area contributed by atoms with Gasteiger partial charge in [-0.1, -0.05) is 6.07 Å². The molecule has 0 aliphatic carbocycles. The smallest absolute Gasteiger partial charge is 0.269 e. The van der Waals surface area contributed by atoms with Gasteiger partial charge in [0.15, 0.2) is 0 Å². The molecule has 3 aromatic rings. The average Bonchev–Trinajstić information content (AvgIpc) is 3.41. The number of nitrogens with one attached hydrogen (secondary N) is 1. The number of anilines is 2. The number of hydrogen-bond donors (Lipinski definition) is 1. The van der Waals surface area contributed by atoms with Gasteiger partial charge in [-0.25, -0.2) is 0 Å². The first-order valence-electron chi connectivity index (χ1n) is 11.8. The third kappa shape index (κ3) is 4.81. The Kier molecular flexibility index (Phi) is 6.59. The fourth-order valence-corrected chi connectivity index (χ4v) is 5.85. The van der Waals surface area contributed by atoms with Crippen molar-refractivity contribution in [1.29, 1.82) is 0 Å². The van der Waals surface area contributed by atoms with Crippen molar-refractivity contribution in [3.63, 3.8) is 0 Å². The second kappa shape index (κ2) is 9.95. The summed E-state index contributed by atoms with van der Waals surface area (Å²) in [7, 11) is 1.65. The number of non-ortho nitro benzene ring substituents is 1. The van der Waals surface area contributed by atoms with Crippen LogP contribution in [0.25, 0.3) is 0 Å². The molecule has 1 saturated heterocycles. The first-order valence-corrected chi connectivity index (χ1v) is 12.6. The van der Waals surface area contributed by atoms with Gasteiger partial charge < -0.3 is 19.9 Å². The molecule has 182 valence electrons. The lowest BCUT2D eigenvalue weighted by Gasteiger charge is -2.49. The predicted octanol–water partition coefficient (Wildman–Crippen LogP) is 3.89. The van der Waals surface area contributed by atoms with Crippen molar-refractivity contribution in [2.75, 3.05) is 43.1 Å². The van der Waals surface area contributed by atoms with E-state index in [0.717, 1.165) is 42.2 Å². The zero-order valence-electron chi connectivity index (χ0n) is 19.6. The molecular formula is C26H28N4O4S. The summed E-state index contributed by atoms with van der Waals surface area (Å²) in [6.45, 7) is 2.81. The van der Waals surface area contributed by atoms with E-state index in [1.165, 1.54) is 4.88 Å². The molecule has 2 aliphatic rings. The van der Waals surface area contributed by atoms with Crippen LogP contribution < -0.4 is 19.9 Å². The summed E-state index contributed by atoms with van der Waals surface area (Å²) in [5.74, 6) is 0.516. The van der Waals surface area contributed by atoms with Gasteiger partial charge in [-0.3, -0.25) is 14.9 Å². The van der Waals surface area contributed by atoms with E-state index in [-0.39, 0.29) is 28.5 Å². The molecule has 9 heteroatoms. The molecular weight excluding hydrogens is 464 g/mol. The van der Waals surface area contributed by atoms with Gasteiger partial charge in [-0.15, -0.1) is 11.3 Å². The molecule has 35 heavy (non-hydrogen) atoms. The number of nitro benzene ring substituents is 1. The molecule has 2 atom stereocenters. The van der Waals surface area contributed by atoms with Crippen LogP contribution in [0.5, 0.6) is 5.75 Å². The Balaban J connectivity index is 1.39. The van der Waals surface area contributed by atoms with Crippen molar-refractivity contribution >= 4 is 34.3 Å². The standard InChI is InChI=1S/C26H28N4O4S/c1-34-21-7-4-19(5-8-21)28-12-13-29-24-9-6-20(30(32)33)15-18(24)16-23(25(29)17-28)26(31)27-11-10-22-3-2-14-35-22/h2-9,14-15,23,25H,10-13,16-17H2,1H3,(H,27,31). The lowest BCUT2D eigenvalue weighted by molar-refractivity contribution is -0.384. The van der Waals surface area contributed by atoms with Gasteiger partial charge in [-0.2, -0.15) is 0 Å². The van der Waals surface area contributed by atoms with Gasteiger partial charge in [0.1, 0.15) is 5.75 Å². The van der Waals surface area contributed by atoms with Crippen LogP contribution in [0.3, 0.4) is 0 Å². The minimum Gasteiger partial charge on any atom is -0.497 e. The highest BCUT2D eigenvalue weighted by Crippen LogP contribution is 2.38. The van der Waals surface area contributed by atoms with Crippen molar-refractivity contribution in [2.45, 2.75) is 18.9 Å². The molecule has 3 heterocycles. The van der Waals surface area contributed by atoms with Gasteiger partial charge in [0, 0.05) is 54.6 Å². The third-order valence-electron chi connectivity index (χ3n) is 6.93. The SMILES string of the molecule is COc1ccc(N2CCN3c4ccc([N+](=O)[O-])cc4CC(C(=O)NCCc4cccs4)C3C2)cc1. The van der Waals surface area contributed by atoms with E-state index >= 15 is 0 Å². The Morgan fingerprint density at radius 3 is 2.74 bits per heavy atom. The summed E-state index contributed by atoms with van der Waals surface area (Å²) >= 11 is 1.68. The fraction of sp³-hybridized carbons (Fsp3) is 0.346. The number of amides is 1. The minimum atomic E-state index is -0.371. The highest BCUT2D eigenvalue weighted by Gasteiger charge is 2.42. The highest BCUT2D eigenvalue weighted by molar-refractivity contribution is 7.09. The molecule has 1 amide bonds. The summed E-state index contributed by atoms with van der Waals surface area (Å²) in [6.07, 6.45) is 1.28. The largest absolute Gasteiger partial charge is 0.497 e. The number of carbonyl (C=O) groups excluding carboxylic acids is 1. The molecule has 8 nitrogen and oxygen atoms in total. The maximum Gasteiger partial charge on any atom is 0.269 e. The van der Waals surface area contributed by atoms with E-state index < -0.39 is 0 Å². The lowest BCUT2D eigenvalue weighted by atomic mass is 9.83. The number of carbonyl (C=O) groups is 1. The maximum atomic E-state index is 13.4. The number of benzene rings is 2. The van der Waals surface area contributed by atoms with Gasteiger partial charge >= 0.3 is 0 Å². The number of rotatable bonds is 7. The molecule has 0 saturated carbocycles. The number of piperazine rings is 1. The van der Waals surface area contributed by atoms with Crippen molar-refractivity contribution in [2.24, 2.45) is 5.92 Å². The quantitative estimate of drug-likeness (QED) is 0.398. The zero-order chi connectivity index (χ0) is 24.4. The number of nitrogens with zero attached hydrogens (tertiary/aromatic N) is 3. The highest BCUT2D eigenvalue weighted by atomic mass is 32.1. The predicted molar refractivity (Wildman–Crippen MR) is 138 cm³/mol. The number of ether oxygens (including phenoxy) is 1. The monoisotopic (exact) mass is 492 g/mol. The van der Waals surface area contributed by atoms with E-state index in [2.05, 4.69) is 21.2 Å². The Morgan fingerprint density at radius 2 is 2.03 bits per heavy atom. The Morgan fingerprint density at radius 1 is 1.20 bits per heavy atom. The number of methoxy groups -OCH3 is 1. The van der Waals surface area contributed by atoms with Gasteiger partial charge in [-0.05, 0) is 60.2 Å². The molecule has 2 aromatic carbocycles. The normalized spacial score (nSPS) is 19.0.